The van der Waals surface area contributed by atoms with E-state index in [0.29, 0.717) is 10.9 Å². The number of nitrogens with zero attached hydrogens (tertiary/aromatic N) is 2. The molecule has 0 aliphatic rings. The summed E-state index contributed by atoms with van der Waals surface area (Å²) >= 11 is 0. The van der Waals surface area contributed by atoms with Crippen molar-refractivity contribution in [1.82, 2.24) is 15.1 Å². The van der Waals surface area contributed by atoms with Crippen LogP contribution in [0.3, 0.4) is 0 Å². The Kier molecular flexibility index (Phi) is 5.57. The molecule has 1 heterocycles. The normalized spacial score (nSPS) is 11.8. The first-order chi connectivity index (χ1) is 14.7. The third-order valence-corrected chi connectivity index (χ3v) is 4.94. The Morgan fingerprint density at radius 2 is 1.63 bits per heavy atom. The maximum atomic E-state index is 12.9. The molecule has 6 nitrogen and oxygen atoms in total. The maximum Gasteiger partial charge on any atom is 0.242 e. The van der Waals surface area contributed by atoms with Crippen LogP contribution in [0, 0.1) is 0 Å². The van der Waals surface area contributed by atoms with E-state index in [9.17, 15) is 9.59 Å². The zero-order valence-electron chi connectivity index (χ0n) is 16.5. The van der Waals surface area contributed by atoms with Crippen molar-refractivity contribution in [1.29, 1.82) is 0 Å². The summed E-state index contributed by atoms with van der Waals surface area (Å²) in [4.78, 5) is 25.0. The monoisotopic (exact) mass is 399 g/mol. The van der Waals surface area contributed by atoms with Gasteiger partial charge in [-0.3, -0.25) is 14.3 Å². The molecule has 0 bridgehead atoms. The number of para-hydroxylation sites is 1. The summed E-state index contributed by atoms with van der Waals surface area (Å²) in [7, 11) is 1.62. The smallest absolute Gasteiger partial charge is 0.242 e. The zero-order valence-corrected chi connectivity index (χ0v) is 16.5. The standard InChI is InChI=1S/C24H21N3O3/c1-30-19-13-11-18(12-14-19)24(17-7-3-2-4-8-17)26-23(29)16-27-21-10-6-5-9-20(21)22(28)15-25-27/h2-15,24H,16H2,1H3,(H,26,29). The fourth-order valence-electron chi connectivity index (χ4n) is 3.43. The van der Waals surface area contributed by atoms with E-state index in [-0.39, 0.29) is 23.9 Å². The quantitative estimate of drug-likeness (QED) is 0.540. The van der Waals surface area contributed by atoms with E-state index in [1.807, 2.05) is 60.7 Å². The van der Waals surface area contributed by atoms with Crippen LogP contribution in [-0.4, -0.2) is 22.8 Å². The zero-order chi connectivity index (χ0) is 20.9. The van der Waals surface area contributed by atoms with Crippen LogP contribution in [0.1, 0.15) is 17.2 Å². The Morgan fingerprint density at radius 1 is 0.967 bits per heavy atom. The number of benzene rings is 3. The lowest BCUT2D eigenvalue weighted by atomic mass is 9.98. The molecule has 3 aromatic carbocycles. The molecule has 0 aliphatic heterocycles. The Hall–Kier alpha value is -3.93. The Balaban J connectivity index is 1.62. The SMILES string of the molecule is COc1ccc(C(NC(=O)Cn2ncc(=O)c3ccccc32)c2ccccc2)cc1. The predicted octanol–water partition coefficient (Wildman–Crippen LogP) is 3.31. The molecular formula is C24H21N3O3. The molecular weight excluding hydrogens is 378 g/mol. The number of nitrogens with one attached hydrogen (secondary N) is 1. The minimum absolute atomic E-state index is 0.000279. The van der Waals surface area contributed by atoms with E-state index in [2.05, 4.69) is 10.4 Å². The topological polar surface area (TPSA) is 73.2 Å². The highest BCUT2D eigenvalue weighted by molar-refractivity contribution is 5.82. The Morgan fingerprint density at radius 3 is 2.37 bits per heavy atom. The van der Waals surface area contributed by atoms with Gasteiger partial charge in [-0.2, -0.15) is 5.10 Å². The van der Waals surface area contributed by atoms with Crippen molar-refractivity contribution in [2.75, 3.05) is 7.11 Å². The third kappa shape index (κ3) is 4.07. The molecule has 1 amide bonds. The van der Waals surface area contributed by atoms with Gasteiger partial charge in [0.05, 0.1) is 24.9 Å². The molecule has 0 spiro atoms. The molecule has 6 heteroatoms. The lowest BCUT2D eigenvalue weighted by Crippen LogP contribution is -2.33. The minimum Gasteiger partial charge on any atom is -0.497 e. The van der Waals surface area contributed by atoms with Crippen LogP contribution in [-0.2, 0) is 11.3 Å². The number of methoxy groups -OCH3 is 1. The van der Waals surface area contributed by atoms with Gasteiger partial charge in [-0.1, -0.05) is 54.6 Å². The number of fused-ring (bicyclic) bond motifs is 1. The molecule has 0 aliphatic carbocycles. The molecule has 30 heavy (non-hydrogen) atoms. The second-order valence-electron chi connectivity index (χ2n) is 6.87. The molecule has 4 aromatic rings. The fraction of sp³-hybridized carbons (Fsp3) is 0.125. The van der Waals surface area contributed by atoms with Crippen molar-refractivity contribution in [2.24, 2.45) is 0 Å². The van der Waals surface area contributed by atoms with Crippen LogP contribution in [0.2, 0.25) is 0 Å². The summed E-state index contributed by atoms with van der Waals surface area (Å²) < 4.78 is 6.78. The second kappa shape index (κ2) is 8.61. The molecule has 1 atom stereocenters. The molecule has 0 saturated carbocycles. The molecule has 4 rings (SSSR count). The second-order valence-corrected chi connectivity index (χ2v) is 6.87. The highest BCUT2D eigenvalue weighted by Gasteiger charge is 2.18. The van der Waals surface area contributed by atoms with Gasteiger partial charge in [0, 0.05) is 5.39 Å². The van der Waals surface area contributed by atoms with Crippen LogP contribution >= 0.6 is 0 Å². The van der Waals surface area contributed by atoms with E-state index in [0.717, 1.165) is 16.9 Å². The minimum atomic E-state index is -0.324. The average Bonchev–Trinajstić information content (AvgIpc) is 2.80. The van der Waals surface area contributed by atoms with Crippen LogP contribution in [0.25, 0.3) is 10.9 Å². The number of hydrogen-bond acceptors (Lipinski definition) is 4. The van der Waals surface area contributed by atoms with Crippen molar-refractivity contribution in [3.05, 3.63) is 106 Å². The third-order valence-electron chi connectivity index (χ3n) is 4.94. The number of rotatable bonds is 6. The van der Waals surface area contributed by atoms with Crippen LogP contribution in [0.5, 0.6) is 5.75 Å². The molecule has 150 valence electrons. The first kappa shape index (κ1) is 19.4. The van der Waals surface area contributed by atoms with Crippen molar-refractivity contribution in [3.63, 3.8) is 0 Å². The van der Waals surface area contributed by atoms with Crippen LogP contribution in [0.4, 0.5) is 0 Å². The first-order valence-electron chi connectivity index (χ1n) is 9.59. The lowest BCUT2D eigenvalue weighted by molar-refractivity contribution is -0.122. The fourth-order valence-corrected chi connectivity index (χ4v) is 3.43. The van der Waals surface area contributed by atoms with Crippen molar-refractivity contribution < 1.29 is 9.53 Å². The van der Waals surface area contributed by atoms with E-state index in [1.165, 1.54) is 6.20 Å². The summed E-state index contributed by atoms with van der Waals surface area (Å²) in [5.74, 6) is 0.543. The van der Waals surface area contributed by atoms with Gasteiger partial charge < -0.3 is 10.1 Å². The maximum absolute atomic E-state index is 12.9. The predicted molar refractivity (Wildman–Crippen MR) is 115 cm³/mol. The van der Waals surface area contributed by atoms with Gasteiger partial charge in [0.15, 0.2) is 0 Å². The number of hydrogen-bond donors (Lipinski definition) is 1. The largest absolute Gasteiger partial charge is 0.497 e. The van der Waals surface area contributed by atoms with Crippen molar-refractivity contribution in [3.8, 4) is 5.75 Å². The molecule has 0 fully saturated rings. The molecule has 1 N–H and O–H groups in total. The van der Waals surface area contributed by atoms with Gasteiger partial charge >= 0.3 is 0 Å². The molecule has 1 aromatic heterocycles. The van der Waals surface area contributed by atoms with Crippen LogP contribution in [0.15, 0.2) is 89.9 Å². The Labute approximate surface area is 173 Å². The summed E-state index contributed by atoms with van der Waals surface area (Å²) in [5.41, 5.74) is 2.37. The van der Waals surface area contributed by atoms with Gasteiger partial charge in [0.2, 0.25) is 11.3 Å². The van der Waals surface area contributed by atoms with E-state index >= 15 is 0 Å². The summed E-state index contributed by atoms with van der Waals surface area (Å²) in [6.07, 6.45) is 1.24. The van der Waals surface area contributed by atoms with Gasteiger partial charge in [0.1, 0.15) is 12.3 Å². The number of amides is 1. The molecule has 1 unspecified atom stereocenters. The van der Waals surface area contributed by atoms with E-state index in [4.69, 9.17) is 4.74 Å². The highest BCUT2D eigenvalue weighted by atomic mass is 16.5. The summed E-state index contributed by atoms with van der Waals surface area (Å²) in [6.45, 7) is 0.000279. The number of carbonyl (C=O) groups excluding carboxylic acids is 1. The average molecular weight is 399 g/mol. The van der Waals surface area contributed by atoms with Gasteiger partial charge in [-0.05, 0) is 35.4 Å². The number of carbonyl (C=O) groups is 1. The molecule has 0 radical (unpaired) electrons. The van der Waals surface area contributed by atoms with Crippen LogP contribution < -0.4 is 15.5 Å². The Bertz CT molecular complexity index is 1220. The van der Waals surface area contributed by atoms with Gasteiger partial charge in [-0.15, -0.1) is 0 Å². The first-order valence-corrected chi connectivity index (χ1v) is 9.59. The van der Waals surface area contributed by atoms with E-state index in [1.54, 1.807) is 30.0 Å². The van der Waals surface area contributed by atoms with Crippen molar-refractivity contribution in [2.45, 2.75) is 12.6 Å². The van der Waals surface area contributed by atoms with Gasteiger partial charge in [-0.25, -0.2) is 0 Å². The highest BCUT2D eigenvalue weighted by Crippen LogP contribution is 2.24. The lowest BCUT2D eigenvalue weighted by Gasteiger charge is -2.20. The summed E-state index contributed by atoms with van der Waals surface area (Å²) in [6, 6.07) is 24.2. The number of aromatic nitrogens is 2. The van der Waals surface area contributed by atoms with E-state index < -0.39 is 0 Å². The summed E-state index contributed by atoms with van der Waals surface area (Å²) in [5, 5.41) is 7.78. The number of ether oxygens (including phenoxy) is 1. The van der Waals surface area contributed by atoms with Crippen molar-refractivity contribution >= 4 is 16.8 Å². The van der Waals surface area contributed by atoms with Gasteiger partial charge in [0.25, 0.3) is 0 Å². The molecule has 0 saturated heterocycles.